The fourth-order valence-corrected chi connectivity index (χ4v) is 8.67. The summed E-state index contributed by atoms with van der Waals surface area (Å²) in [6.45, 7) is 10.5. The normalized spacial score (nSPS) is 24.3. The zero-order valence-corrected chi connectivity index (χ0v) is 26.2. The molecule has 10 heteroatoms. The smallest absolute Gasteiger partial charge is 0.217 e. The number of unbranched alkanes of at least 4 members (excludes halogenated alkanes) is 4. The summed E-state index contributed by atoms with van der Waals surface area (Å²) in [5.74, 6) is 0.924. The van der Waals surface area contributed by atoms with E-state index in [1.54, 1.807) is 6.07 Å². The number of primary amides is 1. The summed E-state index contributed by atoms with van der Waals surface area (Å²) in [7, 11) is 0. The number of nitrogens with zero attached hydrogens (tertiary/aromatic N) is 6. The molecule has 238 valence electrons. The third-order valence-electron chi connectivity index (χ3n) is 11.2. The molecule has 5 heterocycles. The number of hydrogen-bond acceptors (Lipinski definition) is 9. The molecule has 44 heavy (non-hydrogen) atoms. The van der Waals surface area contributed by atoms with E-state index in [0.717, 1.165) is 73.9 Å². The highest BCUT2D eigenvalue weighted by atomic mass is 16.3. The summed E-state index contributed by atoms with van der Waals surface area (Å²) >= 11 is 0. The van der Waals surface area contributed by atoms with Crippen LogP contribution in [0.5, 0.6) is 5.75 Å². The maximum Gasteiger partial charge on any atom is 0.217 e. The fraction of sp³-hybridized carbons (Fsp3) is 0.676. The summed E-state index contributed by atoms with van der Waals surface area (Å²) in [5.41, 5.74) is 8.36. The van der Waals surface area contributed by atoms with E-state index in [2.05, 4.69) is 41.2 Å². The third-order valence-corrected chi connectivity index (χ3v) is 11.2. The third kappa shape index (κ3) is 6.26. The maximum absolute atomic E-state index is 10.9. The predicted molar refractivity (Wildman–Crippen MR) is 174 cm³/mol. The van der Waals surface area contributed by atoms with Crippen LogP contribution in [0, 0.1) is 5.41 Å². The van der Waals surface area contributed by atoms with Crippen molar-refractivity contribution in [2.45, 2.75) is 82.3 Å². The van der Waals surface area contributed by atoms with Crippen LogP contribution in [0.2, 0.25) is 0 Å². The highest BCUT2D eigenvalue weighted by molar-refractivity contribution is 5.76. The van der Waals surface area contributed by atoms with Gasteiger partial charge < -0.3 is 26.0 Å². The maximum atomic E-state index is 10.9. The Morgan fingerprint density at radius 2 is 1.70 bits per heavy atom. The van der Waals surface area contributed by atoms with Gasteiger partial charge in [0.1, 0.15) is 5.75 Å². The molecule has 1 saturated carbocycles. The van der Waals surface area contributed by atoms with Crippen LogP contribution in [0.15, 0.2) is 30.3 Å². The van der Waals surface area contributed by atoms with Crippen molar-refractivity contribution in [3.63, 3.8) is 0 Å². The molecule has 0 radical (unpaired) electrons. The molecule has 1 amide bonds. The first-order valence-electron chi connectivity index (χ1n) is 17.1. The number of fused-ring (bicyclic) bond motifs is 3. The predicted octanol–water partition coefficient (Wildman–Crippen LogP) is 3.52. The largest absolute Gasteiger partial charge is 0.507 e. The molecule has 1 aromatic carbocycles. The molecule has 4 fully saturated rings. The number of amides is 1. The minimum atomic E-state index is -0.168. The Morgan fingerprint density at radius 3 is 2.50 bits per heavy atom. The SMILES string of the molecule is NC(=O)CCCCCCCN1CCC(N2CC3(CC(N4CCN5c6cc(-c7ccccc7O)nnc6NC[C@H]5C4)C3)C2)CC1. The van der Waals surface area contributed by atoms with Crippen molar-refractivity contribution < 1.29 is 9.90 Å². The van der Waals surface area contributed by atoms with Gasteiger partial charge >= 0.3 is 0 Å². The van der Waals surface area contributed by atoms with E-state index in [4.69, 9.17) is 5.73 Å². The van der Waals surface area contributed by atoms with Crippen LogP contribution >= 0.6 is 0 Å². The van der Waals surface area contributed by atoms with Crippen LogP contribution in [0.3, 0.4) is 0 Å². The van der Waals surface area contributed by atoms with E-state index < -0.39 is 0 Å². The Labute approximate surface area is 262 Å². The number of anilines is 2. The number of phenolic OH excluding ortho intramolecular Hbond substituents is 1. The Kier molecular flexibility index (Phi) is 8.66. The molecule has 5 aliphatic rings. The number of nitrogens with one attached hydrogen (secondary N) is 1. The van der Waals surface area contributed by atoms with Gasteiger partial charge in [0.25, 0.3) is 0 Å². The van der Waals surface area contributed by atoms with Crippen molar-refractivity contribution >= 4 is 17.4 Å². The molecule has 1 aliphatic carbocycles. The van der Waals surface area contributed by atoms with Crippen molar-refractivity contribution in [3.05, 3.63) is 30.3 Å². The van der Waals surface area contributed by atoms with Crippen LogP contribution in [0.1, 0.15) is 64.2 Å². The first-order chi connectivity index (χ1) is 21.5. The average Bonchev–Trinajstić information content (AvgIpc) is 2.99. The number of para-hydroxylation sites is 1. The second kappa shape index (κ2) is 12.8. The first kappa shape index (κ1) is 29.7. The number of carbonyl (C=O) groups excluding carboxylic acids is 1. The lowest BCUT2D eigenvalue weighted by atomic mass is 9.59. The van der Waals surface area contributed by atoms with Crippen LogP contribution < -0.4 is 16.0 Å². The van der Waals surface area contributed by atoms with Gasteiger partial charge in [0.05, 0.1) is 17.4 Å². The number of aromatic nitrogens is 2. The average molecular weight is 603 g/mol. The number of rotatable bonds is 11. The van der Waals surface area contributed by atoms with Gasteiger partial charge in [0.15, 0.2) is 5.82 Å². The molecule has 0 unspecified atom stereocenters. The number of piperazine rings is 1. The number of piperidine rings is 1. The highest BCUT2D eigenvalue weighted by Gasteiger charge is 2.55. The van der Waals surface area contributed by atoms with Crippen molar-refractivity contribution in [2.24, 2.45) is 11.1 Å². The Hall–Kier alpha value is -2.95. The standard InChI is InChI=1S/C34H50N8O2/c35-32(44)10-4-2-1-3-7-13-39-14-11-25(12-15-39)41-23-34(24-41)19-26(20-34)40-16-17-42-27(22-40)21-36-33-30(42)18-29(37-38-33)28-8-5-6-9-31(28)43/h5-6,8-9,18,25-27,43H,1-4,7,10-17,19-24H2,(H2,35,44)(H,36,38)/t27-/m0/s1. The van der Waals surface area contributed by atoms with Gasteiger partial charge in [-0.3, -0.25) is 14.6 Å². The molecule has 1 spiro atoms. The van der Waals surface area contributed by atoms with Gasteiger partial charge in [0, 0.05) is 63.3 Å². The molecule has 1 atom stereocenters. The molecule has 10 nitrogen and oxygen atoms in total. The van der Waals surface area contributed by atoms with Crippen molar-refractivity contribution in [3.8, 4) is 17.0 Å². The lowest BCUT2D eigenvalue weighted by molar-refractivity contribution is -0.132. The summed E-state index contributed by atoms with van der Waals surface area (Å²) in [4.78, 5) is 21.6. The summed E-state index contributed by atoms with van der Waals surface area (Å²) in [5, 5.41) is 22.8. The Morgan fingerprint density at radius 1 is 0.932 bits per heavy atom. The molecule has 1 aromatic heterocycles. The van der Waals surface area contributed by atoms with Crippen LogP contribution in [-0.4, -0.2) is 113 Å². The van der Waals surface area contributed by atoms with Gasteiger partial charge in [-0.2, -0.15) is 0 Å². The first-order valence-corrected chi connectivity index (χ1v) is 17.1. The van der Waals surface area contributed by atoms with Crippen LogP contribution in [0.4, 0.5) is 11.5 Å². The number of carbonyl (C=O) groups is 1. The summed E-state index contributed by atoms with van der Waals surface area (Å²) in [6, 6.07) is 11.4. The van der Waals surface area contributed by atoms with Gasteiger partial charge in [-0.1, -0.05) is 31.4 Å². The lowest BCUT2D eigenvalue weighted by Gasteiger charge is -2.64. The van der Waals surface area contributed by atoms with Gasteiger partial charge in [-0.25, -0.2) is 0 Å². The van der Waals surface area contributed by atoms with Gasteiger partial charge in [0.2, 0.25) is 5.91 Å². The Balaban J connectivity index is 0.822. The van der Waals surface area contributed by atoms with Crippen LogP contribution in [0.25, 0.3) is 11.3 Å². The molecule has 7 rings (SSSR count). The summed E-state index contributed by atoms with van der Waals surface area (Å²) in [6.07, 6.45) is 11.8. The Bertz CT molecular complexity index is 1300. The molecule has 3 saturated heterocycles. The number of aromatic hydroxyl groups is 1. The quantitative estimate of drug-likeness (QED) is 0.333. The second-order valence-corrected chi connectivity index (χ2v) is 14.2. The number of likely N-dealkylation sites (tertiary alicyclic amines) is 2. The minimum absolute atomic E-state index is 0.168. The number of nitrogens with two attached hydrogens (primary N) is 1. The lowest BCUT2D eigenvalue weighted by Crippen LogP contribution is -2.70. The molecule has 4 N–H and O–H groups in total. The fourth-order valence-electron chi connectivity index (χ4n) is 8.67. The van der Waals surface area contributed by atoms with E-state index in [-0.39, 0.29) is 11.7 Å². The van der Waals surface area contributed by atoms with Gasteiger partial charge in [-0.05, 0) is 81.8 Å². The van der Waals surface area contributed by atoms with Crippen molar-refractivity contribution in [2.75, 3.05) is 69.1 Å². The molecule has 4 aliphatic heterocycles. The highest BCUT2D eigenvalue weighted by Crippen LogP contribution is 2.52. The summed E-state index contributed by atoms with van der Waals surface area (Å²) < 4.78 is 0. The van der Waals surface area contributed by atoms with Gasteiger partial charge in [-0.15, -0.1) is 10.2 Å². The second-order valence-electron chi connectivity index (χ2n) is 14.2. The van der Waals surface area contributed by atoms with Crippen LogP contribution in [-0.2, 0) is 4.79 Å². The zero-order valence-electron chi connectivity index (χ0n) is 26.2. The number of benzene rings is 1. The molecule has 2 aromatic rings. The molecular formula is C34H50N8O2. The monoisotopic (exact) mass is 602 g/mol. The minimum Gasteiger partial charge on any atom is -0.507 e. The van der Waals surface area contributed by atoms with E-state index in [1.165, 1.54) is 77.7 Å². The van der Waals surface area contributed by atoms with E-state index in [0.29, 0.717) is 17.9 Å². The van der Waals surface area contributed by atoms with Crippen molar-refractivity contribution in [1.82, 2.24) is 24.9 Å². The number of hydrogen-bond donors (Lipinski definition) is 3. The van der Waals surface area contributed by atoms with E-state index in [9.17, 15) is 9.90 Å². The molecule has 0 bridgehead atoms. The number of phenols is 1. The molecular weight excluding hydrogens is 552 g/mol. The zero-order chi connectivity index (χ0) is 30.1. The topological polar surface area (TPSA) is 114 Å². The van der Waals surface area contributed by atoms with E-state index >= 15 is 0 Å². The van der Waals surface area contributed by atoms with E-state index in [1.807, 2.05) is 18.2 Å². The van der Waals surface area contributed by atoms with Crippen molar-refractivity contribution in [1.29, 1.82) is 0 Å².